The fraction of sp³-hybridized carbons (Fsp3) is 0.524. The molecule has 5 nitrogen and oxygen atoms in total. The largest absolute Gasteiger partial charge is 0.493 e. The van der Waals surface area contributed by atoms with E-state index in [4.69, 9.17) is 4.74 Å². The van der Waals surface area contributed by atoms with Crippen molar-refractivity contribution in [3.8, 4) is 16.3 Å². The predicted molar refractivity (Wildman–Crippen MR) is 111 cm³/mol. The number of carbonyl (C=O) groups excluding carboxylic acids is 1. The molecule has 1 aliphatic heterocycles. The summed E-state index contributed by atoms with van der Waals surface area (Å²) < 4.78 is 5.70. The Hall–Kier alpha value is -1.92. The lowest BCUT2D eigenvalue weighted by Gasteiger charge is -2.13. The van der Waals surface area contributed by atoms with Crippen molar-refractivity contribution in [2.24, 2.45) is 0 Å². The van der Waals surface area contributed by atoms with Gasteiger partial charge in [0.25, 0.3) is 5.91 Å². The third-order valence-electron chi connectivity index (χ3n) is 4.81. The van der Waals surface area contributed by atoms with E-state index in [1.165, 1.54) is 37.3 Å². The fourth-order valence-electron chi connectivity index (χ4n) is 3.40. The van der Waals surface area contributed by atoms with Gasteiger partial charge in [-0.05, 0) is 71.3 Å². The van der Waals surface area contributed by atoms with Crippen LogP contribution in [0.3, 0.4) is 0 Å². The fourth-order valence-corrected chi connectivity index (χ4v) is 4.41. The van der Waals surface area contributed by atoms with Gasteiger partial charge in [-0.2, -0.15) is 0 Å². The molecule has 1 N–H and O–H groups in total. The maximum Gasteiger partial charge on any atom is 0.263 e. The highest BCUT2D eigenvalue weighted by Gasteiger charge is 2.18. The van der Waals surface area contributed by atoms with Gasteiger partial charge in [-0.3, -0.25) is 4.79 Å². The van der Waals surface area contributed by atoms with E-state index < -0.39 is 0 Å². The minimum atomic E-state index is -0.0219. The van der Waals surface area contributed by atoms with E-state index in [1.807, 2.05) is 38.1 Å². The van der Waals surface area contributed by atoms with Crippen LogP contribution in [0.15, 0.2) is 24.3 Å². The summed E-state index contributed by atoms with van der Waals surface area (Å²) in [4.78, 5) is 20.4. The van der Waals surface area contributed by atoms with Crippen LogP contribution in [0, 0.1) is 6.92 Å². The summed E-state index contributed by atoms with van der Waals surface area (Å²) in [6.45, 7) is 8.80. The van der Waals surface area contributed by atoms with Crippen LogP contribution in [0.25, 0.3) is 10.6 Å². The minimum absolute atomic E-state index is 0.0219. The zero-order valence-corrected chi connectivity index (χ0v) is 17.1. The normalized spacial score (nSPS) is 14.4. The number of aromatic nitrogens is 1. The van der Waals surface area contributed by atoms with Crippen molar-refractivity contribution < 1.29 is 9.53 Å². The molecule has 1 fully saturated rings. The summed E-state index contributed by atoms with van der Waals surface area (Å²) in [5.74, 6) is 0.786. The number of aryl methyl sites for hydroxylation is 1. The van der Waals surface area contributed by atoms with Crippen molar-refractivity contribution in [3.63, 3.8) is 0 Å². The van der Waals surface area contributed by atoms with Gasteiger partial charge in [-0.15, -0.1) is 11.3 Å². The number of hydrogen-bond donors (Lipinski definition) is 1. The summed E-state index contributed by atoms with van der Waals surface area (Å²) in [6, 6.07) is 7.85. The molecule has 6 heteroatoms. The van der Waals surface area contributed by atoms with E-state index >= 15 is 0 Å². The van der Waals surface area contributed by atoms with Crippen molar-refractivity contribution >= 4 is 17.2 Å². The number of carbonyl (C=O) groups is 1. The van der Waals surface area contributed by atoms with Gasteiger partial charge >= 0.3 is 0 Å². The number of amides is 1. The van der Waals surface area contributed by atoms with Crippen LogP contribution in [-0.2, 0) is 0 Å². The molecule has 0 unspecified atom stereocenters. The van der Waals surface area contributed by atoms with Crippen molar-refractivity contribution in [1.29, 1.82) is 0 Å². The first kappa shape index (κ1) is 19.8. The quantitative estimate of drug-likeness (QED) is 0.658. The molecule has 1 aromatic heterocycles. The van der Waals surface area contributed by atoms with Crippen molar-refractivity contribution in [1.82, 2.24) is 15.2 Å². The van der Waals surface area contributed by atoms with E-state index in [9.17, 15) is 4.79 Å². The van der Waals surface area contributed by atoms with Gasteiger partial charge < -0.3 is 15.0 Å². The smallest absolute Gasteiger partial charge is 0.263 e. The average Bonchev–Trinajstić information content (AvgIpc) is 3.32. The van der Waals surface area contributed by atoms with Crippen molar-refractivity contribution in [2.45, 2.75) is 39.5 Å². The van der Waals surface area contributed by atoms with Crippen LogP contribution in [0.5, 0.6) is 5.75 Å². The van der Waals surface area contributed by atoms with Crippen LogP contribution in [0.1, 0.15) is 48.0 Å². The summed E-state index contributed by atoms with van der Waals surface area (Å²) in [5, 5.41) is 3.88. The van der Waals surface area contributed by atoms with Crippen LogP contribution in [0.4, 0.5) is 0 Å². The number of para-hydroxylation sites is 1. The molecule has 0 bridgehead atoms. The molecule has 1 amide bonds. The maximum atomic E-state index is 12.6. The number of rotatable bonds is 9. The zero-order valence-electron chi connectivity index (χ0n) is 16.3. The average molecular weight is 388 g/mol. The predicted octanol–water partition coefficient (Wildman–Crippen LogP) is 4.12. The number of likely N-dealkylation sites (tertiary alicyclic amines) is 1. The molecule has 0 spiro atoms. The van der Waals surface area contributed by atoms with Gasteiger partial charge in [0.15, 0.2) is 0 Å². The first-order chi connectivity index (χ1) is 13.2. The second-order valence-electron chi connectivity index (χ2n) is 6.87. The highest BCUT2D eigenvalue weighted by molar-refractivity contribution is 7.17. The molecule has 3 rings (SSSR count). The first-order valence-electron chi connectivity index (χ1n) is 9.89. The van der Waals surface area contributed by atoms with Crippen LogP contribution in [-0.4, -0.2) is 48.6 Å². The maximum absolute atomic E-state index is 12.6. The number of ether oxygens (including phenoxy) is 1. The Morgan fingerprint density at radius 1 is 1.26 bits per heavy atom. The lowest BCUT2D eigenvalue weighted by atomic mass is 10.2. The minimum Gasteiger partial charge on any atom is -0.493 e. The number of nitrogens with one attached hydrogen (secondary N) is 1. The third-order valence-corrected chi connectivity index (χ3v) is 5.99. The number of nitrogens with zero attached hydrogens (tertiary/aromatic N) is 2. The molecule has 1 saturated heterocycles. The molecule has 146 valence electrons. The molecule has 0 radical (unpaired) electrons. The summed E-state index contributed by atoms with van der Waals surface area (Å²) in [6.07, 6.45) is 4.81. The lowest BCUT2D eigenvalue weighted by molar-refractivity contribution is 0.0956. The van der Waals surface area contributed by atoms with Crippen molar-refractivity contribution in [3.05, 3.63) is 34.8 Å². The van der Waals surface area contributed by atoms with E-state index in [1.54, 1.807) is 0 Å². The van der Waals surface area contributed by atoms with Gasteiger partial charge in [0.2, 0.25) is 0 Å². The first-order valence-corrected chi connectivity index (χ1v) is 10.7. The molecule has 2 heterocycles. The highest BCUT2D eigenvalue weighted by Crippen LogP contribution is 2.34. The van der Waals surface area contributed by atoms with Gasteiger partial charge in [0.05, 0.1) is 17.9 Å². The van der Waals surface area contributed by atoms with Gasteiger partial charge in [-0.1, -0.05) is 12.1 Å². The molecular weight excluding hydrogens is 358 g/mol. The Morgan fingerprint density at radius 3 is 2.81 bits per heavy atom. The SMILES string of the molecule is CCOc1ccccc1-c1nc(C)c(C(=O)NCCCCN2CCCC2)s1. The van der Waals surface area contributed by atoms with E-state index in [0.717, 1.165) is 47.9 Å². The van der Waals surface area contributed by atoms with E-state index in [0.29, 0.717) is 11.5 Å². The molecule has 0 saturated carbocycles. The summed E-state index contributed by atoms with van der Waals surface area (Å²) in [5.41, 5.74) is 1.72. The Balaban J connectivity index is 1.55. The number of hydrogen-bond acceptors (Lipinski definition) is 5. The second kappa shape index (κ2) is 9.85. The van der Waals surface area contributed by atoms with Crippen LogP contribution < -0.4 is 10.1 Å². The molecular formula is C21H29N3O2S. The topological polar surface area (TPSA) is 54.5 Å². The molecule has 1 aromatic carbocycles. The number of unbranched alkanes of at least 4 members (excludes halogenated alkanes) is 1. The zero-order chi connectivity index (χ0) is 19.1. The van der Waals surface area contributed by atoms with Crippen molar-refractivity contribution in [2.75, 3.05) is 32.8 Å². The highest BCUT2D eigenvalue weighted by atomic mass is 32.1. The molecule has 27 heavy (non-hydrogen) atoms. The Kier molecular flexibility index (Phi) is 7.24. The summed E-state index contributed by atoms with van der Waals surface area (Å²) >= 11 is 1.43. The lowest BCUT2D eigenvalue weighted by Crippen LogP contribution is -2.26. The monoisotopic (exact) mass is 387 g/mol. The van der Waals surface area contributed by atoms with E-state index in [-0.39, 0.29) is 5.91 Å². The number of thiazole rings is 1. The Morgan fingerprint density at radius 2 is 2.04 bits per heavy atom. The molecule has 2 aromatic rings. The van der Waals surface area contributed by atoms with Crippen LogP contribution in [0.2, 0.25) is 0 Å². The number of benzene rings is 1. The van der Waals surface area contributed by atoms with Gasteiger partial charge in [0, 0.05) is 6.54 Å². The molecule has 0 aliphatic carbocycles. The van der Waals surface area contributed by atoms with Gasteiger partial charge in [-0.25, -0.2) is 4.98 Å². The summed E-state index contributed by atoms with van der Waals surface area (Å²) in [7, 11) is 0. The Bertz CT molecular complexity index is 754. The van der Waals surface area contributed by atoms with Crippen LogP contribution >= 0.6 is 11.3 Å². The second-order valence-corrected chi connectivity index (χ2v) is 7.87. The standard InChI is InChI=1S/C21H29N3O2S/c1-3-26-18-11-5-4-10-17(18)21-23-16(2)19(27-21)20(25)22-12-6-7-13-24-14-8-9-15-24/h4-5,10-11H,3,6-9,12-15H2,1-2H3,(H,22,25). The van der Waals surface area contributed by atoms with Gasteiger partial charge in [0.1, 0.15) is 15.6 Å². The third kappa shape index (κ3) is 5.30. The Labute approximate surface area is 165 Å². The molecule has 1 aliphatic rings. The van der Waals surface area contributed by atoms with E-state index in [2.05, 4.69) is 15.2 Å². The molecule has 0 atom stereocenters.